The Balaban J connectivity index is 2.09. The van der Waals surface area contributed by atoms with Crippen molar-refractivity contribution in [2.24, 2.45) is 0 Å². The van der Waals surface area contributed by atoms with Crippen LogP contribution in [0.4, 0.5) is 0 Å². The maximum Gasteiger partial charge on any atom is 0.264 e. The van der Waals surface area contributed by atoms with Crippen LogP contribution in [-0.2, 0) is 6.54 Å². The fourth-order valence-corrected chi connectivity index (χ4v) is 2.98. The minimum Gasteiger partial charge on any atom is -0.452 e. The van der Waals surface area contributed by atoms with Crippen molar-refractivity contribution in [3.8, 4) is 0 Å². The molecule has 0 spiro atoms. The largest absolute Gasteiger partial charge is 0.452 e. The fourth-order valence-electron chi connectivity index (χ4n) is 1.61. The first kappa shape index (κ1) is 13.4. The number of furan rings is 1. The molecular formula is C13H14BrNO2S. The number of thiophene rings is 1. The highest BCUT2D eigenvalue weighted by atomic mass is 79.9. The Hall–Kier alpha value is -1.07. The van der Waals surface area contributed by atoms with Crippen molar-refractivity contribution in [2.75, 3.05) is 7.05 Å². The summed E-state index contributed by atoms with van der Waals surface area (Å²) in [5.74, 6) is 0.798. The normalized spacial score (nSPS) is 10.7. The van der Waals surface area contributed by atoms with Gasteiger partial charge in [-0.2, -0.15) is 0 Å². The van der Waals surface area contributed by atoms with Crippen molar-refractivity contribution >= 4 is 33.2 Å². The van der Waals surface area contributed by atoms with E-state index in [-0.39, 0.29) is 5.91 Å². The highest BCUT2D eigenvalue weighted by Gasteiger charge is 2.16. The molecule has 0 aliphatic rings. The summed E-state index contributed by atoms with van der Waals surface area (Å²) in [6, 6.07) is 5.63. The summed E-state index contributed by atoms with van der Waals surface area (Å²) in [6.45, 7) is 4.52. The zero-order valence-corrected chi connectivity index (χ0v) is 12.9. The molecule has 0 fully saturated rings. The van der Waals surface area contributed by atoms with Crippen LogP contribution in [0.2, 0.25) is 0 Å². The smallest absolute Gasteiger partial charge is 0.264 e. The van der Waals surface area contributed by atoms with Crippen LogP contribution in [0.1, 0.15) is 25.9 Å². The van der Waals surface area contributed by atoms with Gasteiger partial charge in [0.2, 0.25) is 0 Å². The Morgan fingerprint density at radius 2 is 2.17 bits per heavy atom. The zero-order chi connectivity index (χ0) is 13.3. The molecule has 1 amide bonds. The maximum absolute atomic E-state index is 12.2. The van der Waals surface area contributed by atoms with E-state index in [1.54, 1.807) is 11.9 Å². The molecule has 0 aromatic carbocycles. The van der Waals surface area contributed by atoms with Gasteiger partial charge in [0.1, 0.15) is 5.76 Å². The lowest BCUT2D eigenvalue weighted by molar-refractivity contribution is 0.0780. The number of hydrogen-bond acceptors (Lipinski definition) is 3. The van der Waals surface area contributed by atoms with Crippen molar-refractivity contribution in [1.29, 1.82) is 0 Å². The highest BCUT2D eigenvalue weighted by Crippen LogP contribution is 2.23. The molecule has 0 bridgehead atoms. The zero-order valence-electron chi connectivity index (χ0n) is 10.5. The molecule has 5 heteroatoms. The minimum absolute atomic E-state index is 0.0312. The first-order chi connectivity index (χ1) is 8.47. The molecule has 0 aliphatic carbocycles. The molecule has 0 unspecified atom stereocenters. The molecule has 2 aromatic heterocycles. The predicted octanol–water partition coefficient (Wildman–Crippen LogP) is 3.99. The molecule has 0 aliphatic heterocycles. The van der Waals surface area contributed by atoms with E-state index in [1.165, 1.54) is 16.2 Å². The van der Waals surface area contributed by atoms with Gasteiger partial charge in [-0.05, 0) is 53.5 Å². The molecule has 0 atom stereocenters. The van der Waals surface area contributed by atoms with Crippen LogP contribution < -0.4 is 0 Å². The Labute approximate surface area is 119 Å². The summed E-state index contributed by atoms with van der Waals surface area (Å²) < 4.78 is 6.08. The summed E-state index contributed by atoms with van der Waals surface area (Å²) in [5.41, 5.74) is 1.16. The summed E-state index contributed by atoms with van der Waals surface area (Å²) in [4.78, 5) is 15.8. The summed E-state index contributed by atoms with van der Waals surface area (Å²) in [7, 11) is 1.78. The first-order valence-electron chi connectivity index (χ1n) is 5.54. The van der Waals surface area contributed by atoms with E-state index < -0.39 is 0 Å². The molecule has 2 rings (SSSR count). The van der Waals surface area contributed by atoms with Crippen LogP contribution in [0.5, 0.6) is 0 Å². The molecule has 2 aromatic rings. The van der Waals surface area contributed by atoms with Gasteiger partial charge in [-0.25, -0.2) is 0 Å². The molecule has 18 heavy (non-hydrogen) atoms. The van der Waals surface area contributed by atoms with Crippen molar-refractivity contribution in [3.05, 3.63) is 43.9 Å². The molecule has 0 radical (unpaired) electrons. The molecule has 96 valence electrons. The topological polar surface area (TPSA) is 33.5 Å². The number of amides is 1. The van der Waals surface area contributed by atoms with E-state index in [0.29, 0.717) is 11.2 Å². The number of hydrogen-bond donors (Lipinski definition) is 0. The van der Waals surface area contributed by atoms with Gasteiger partial charge in [-0.15, -0.1) is 11.3 Å². The van der Waals surface area contributed by atoms with E-state index in [4.69, 9.17) is 4.42 Å². The van der Waals surface area contributed by atoms with Crippen LogP contribution >= 0.6 is 27.3 Å². The van der Waals surface area contributed by atoms with Gasteiger partial charge in [0, 0.05) is 11.9 Å². The van der Waals surface area contributed by atoms with Gasteiger partial charge in [0.15, 0.2) is 4.67 Å². The van der Waals surface area contributed by atoms with Gasteiger partial charge in [-0.1, -0.05) is 0 Å². The fraction of sp³-hybridized carbons (Fsp3) is 0.308. The highest BCUT2D eigenvalue weighted by molar-refractivity contribution is 9.10. The van der Waals surface area contributed by atoms with Crippen molar-refractivity contribution < 1.29 is 9.21 Å². The minimum atomic E-state index is 0.0312. The van der Waals surface area contributed by atoms with Gasteiger partial charge < -0.3 is 9.32 Å². The lowest BCUT2D eigenvalue weighted by Gasteiger charge is -2.14. The lowest BCUT2D eigenvalue weighted by atomic mass is 10.2. The Morgan fingerprint density at radius 1 is 1.44 bits per heavy atom. The predicted molar refractivity (Wildman–Crippen MR) is 76.0 cm³/mol. The first-order valence-corrected chi connectivity index (χ1v) is 7.15. The number of carbonyl (C=O) groups is 1. The van der Waals surface area contributed by atoms with Crippen molar-refractivity contribution in [2.45, 2.75) is 20.4 Å². The lowest BCUT2D eigenvalue weighted by Crippen LogP contribution is -2.25. The van der Waals surface area contributed by atoms with Crippen molar-refractivity contribution in [1.82, 2.24) is 4.90 Å². The average molecular weight is 328 g/mol. The van der Waals surface area contributed by atoms with Crippen LogP contribution in [0.15, 0.2) is 27.3 Å². The van der Waals surface area contributed by atoms with E-state index >= 15 is 0 Å². The molecule has 3 nitrogen and oxygen atoms in total. The standard InChI is InChI=1S/C13H14BrNO2S/c1-8-6-11(18-9(8)2)13(16)15(3)7-10-4-5-12(14)17-10/h4-6H,7H2,1-3H3. The summed E-state index contributed by atoms with van der Waals surface area (Å²) in [5, 5.41) is 0. The third kappa shape index (κ3) is 2.84. The second kappa shape index (κ2) is 5.28. The van der Waals surface area contributed by atoms with Crippen LogP contribution in [0.3, 0.4) is 0 Å². The van der Waals surface area contributed by atoms with Gasteiger partial charge >= 0.3 is 0 Å². The van der Waals surface area contributed by atoms with E-state index in [2.05, 4.69) is 15.9 Å². The molecule has 0 saturated carbocycles. The Morgan fingerprint density at radius 3 is 2.67 bits per heavy atom. The maximum atomic E-state index is 12.2. The Kier molecular flexibility index (Phi) is 3.92. The van der Waals surface area contributed by atoms with E-state index in [9.17, 15) is 4.79 Å². The molecule has 2 heterocycles. The third-order valence-electron chi connectivity index (χ3n) is 2.75. The monoisotopic (exact) mass is 327 g/mol. The quantitative estimate of drug-likeness (QED) is 0.853. The average Bonchev–Trinajstić information content (AvgIpc) is 2.85. The van der Waals surface area contributed by atoms with Crippen molar-refractivity contribution in [3.63, 3.8) is 0 Å². The van der Waals surface area contributed by atoms with Crippen LogP contribution in [-0.4, -0.2) is 17.9 Å². The second-order valence-corrected chi connectivity index (χ2v) is 6.25. The molecule has 0 N–H and O–H groups in total. The van der Waals surface area contributed by atoms with Crippen LogP contribution in [0, 0.1) is 13.8 Å². The van der Waals surface area contributed by atoms with Gasteiger partial charge in [-0.3, -0.25) is 4.79 Å². The number of rotatable bonds is 3. The molecule has 0 saturated heterocycles. The van der Waals surface area contributed by atoms with E-state index in [0.717, 1.165) is 16.2 Å². The molecular weight excluding hydrogens is 314 g/mol. The third-order valence-corrected chi connectivity index (χ3v) is 4.31. The second-order valence-electron chi connectivity index (χ2n) is 4.22. The number of halogens is 1. The van der Waals surface area contributed by atoms with Gasteiger partial charge in [0.05, 0.1) is 11.4 Å². The van der Waals surface area contributed by atoms with Gasteiger partial charge in [0.25, 0.3) is 5.91 Å². The Bertz CT molecular complexity index is 554. The summed E-state index contributed by atoms with van der Waals surface area (Å²) >= 11 is 4.78. The number of aryl methyl sites for hydroxylation is 2. The van der Waals surface area contributed by atoms with E-state index in [1.807, 2.05) is 32.0 Å². The SMILES string of the molecule is Cc1cc(C(=O)N(C)Cc2ccc(Br)o2)sc1C. The summed E-state index contributed by atoms with van der Waals surface area (Å²) in [6.07, 6.45) is 0. The van der Waals surface area contributed by atoms with Crippen LogP contribution in [0.25, 0.3) is 0 Å². The number of carbonyl (C=O) groups excluding carboxylic acids is 1. The number of nitrogens with zero attached hydrogens (tertiary/aromatic N) is 1.